The van der Waals surface area contributed by atoms with Crippen molar-refractivity contribution < 1.29 is 33.5 Å². The van der Waals surface area contributed by atoms with Crippen molar-refractivity contribution in [2.24, 2.45) is 0 Å². The van der Waals surface area contributed by atoms with Gasteiger partial charge in [0.2, 0.25) is 0 Å². The molecule has 0 radical (unpaired) electrons. The average molecular weight is 363 g/mol. The lowest BCUT2D eigenvalue weighted by molar-refractivity contribution is -0.114. The molecular weight excluding hydrogens is 345 g/mol. The van der Waals surface area contributed by atoms with Crippen LogP contribution in [0.3, 0.4) is 0 Å². The van der Waals surface area contributed by atoms with Crippen LogP contribution in [0.4, 0.5) is 5.82 Å². The number of nitrogen functional groups attached to an aromatic ring is 1. The molecule has 5 N–H and O–H groups in total. The lowest BCUT2D eigenvalue weighted by atomic mass is 10.4. The fourth-order valence-corrected chi connectivity index (χ4v) is 2.35. The summed E-state index contributed by atoms with van der Waals surface area (Å²) in [5.74, 6) is 0.175. The van der Waals surface area contributed by atoms with Crippen LogP contribution in [-0.2, 0) is 18.6 Å². The Kier molecular flexibility index (Phi) is 6.18. The molecule has 0 aliphatic rings. The summed E-state index contributed by atoms with van der Waals surface area (Å²) in [4.78, 5) is 29.5. The molecular formula is C11H18N5O7P. The highest BCUT2D eigenvalue weighted by Crippen LogP contribution is 2.36. The second kappa shape index (κ2) is 7.94. The number of aliphatic hydroxyl groups excluding tert-OH is 1. The van der Waals surface area contributed by atoms with Crippen molar-refractivity contribution in [2.45, 2.75) is 12.3 Å². The number of nitrogens with zero attached hydrogens (tertiary/aromatic N) is 4. The van der Waals surface area contributed by atoms with E-state index in [1.165, 1.54) is 24.3 Å². The summed E-state index contributed by atoms with van der Waals surface area (Å²) < 4.78 is 27.2. The summed E-state index contributed by atoms with van der Waals surface area (Å²) in [6.45, 7) is -0.899. The van der Waals surface area contributed by atoms with Gasteiger partial charge in [-0.05, 0) is 0 Å². The first-order valence-electron chi connectivity index (χ1n) is 6.74. The molecule has 0 aliphatic heterocycles. The monoisotopic (exact) mass is 363 g/mol. The van der Waals surface area contributed by atoms with Gasteiger partial charge >= 0.3 is 7.82 Å². The van der Waals surface area contributed by atoms with Gasteiger partial charge in [-0.1, -0.05) is 0 Å². The fraction of sp³-hybridized carbons (Fsp3) is 0.545. The summed E-state index contributed by atoms with van der Waals surface area (Å²) in [5.41, 5.74) is 6.38. The van der Waals surface area contributed by atoms with E-state index in [4.69, 9.17) is 25.0 Å². The topological polar surface area (TPSA) is 175 Å². The van der Waals surface area contributed by atoms with Gasteiger partial charge in [0.1, 0.15) is 17.9 Å². The highest BCUT2D eigenvalue weighted by molar-refractivity contribution is 7.46. The molecule has 0 unspecified atom stereocenters. The molecule has 2 atom stereocenters. The van der Waals surface area contributed by atoms with Crippen LogP contribution in [0.25, 0.3) is 11.2 Å². The zero-order chi connectivity index (χ0) is 17.7. The van der Waals surface area contributed by atoms with Gasteiger partial charge in [0, 0.05) is 7.11 Å². The lowest BCUT2D eigenvalue weighted by Gasteiger charge is -2.24. The van der Waals surface area contributed by atoms with Crippen LogP contribution in [0.15, 0.2) is 12.7 Å². The van der Waals surface area contributed by atoms with E-state index in [0.717, 1.165) is 0 Å². The summed E-state index contributed by atoms with van der Waals surface area (Å²) in [5, 5.41) is 9.59. The van der Waals surface area contributed by atoms with Crippen molar-refractivity contribution in [1.29, 1.82) is 0 Å². The number of ether oxygens (including phenoxy) is 2. The summed E-state index contributed by atoms with van der Waals surface area (Å²) in [6.07, 6.45) is 0.819. The summed E-state index contributed by atoms with van der Waals surface area (Å²) in [7, 11) is -3.26. The zero-order valence-corrected chi connectivity index (χ0v) is 13.6. The van der Waals surface area contributed by atoms with Crippen LogP contribution in [0.5, 0.6) is 0 Å². The second-order valence-electron chi connectivity index (χ2n) is 4.72. The van der Waals surface area contributed by atoms with Crippen LogP contribution in [0.1, 0.15) is 6.23 Å². The largest absolute Gasteiger partial charge is 0.469 e. The Hall–Kier alpha value is -1.66. The maximum atomic E-state index is 10.8. The second-order valence-corrected chi connectivity index (χ2v) is 5.96. The third-order valence-electron chi connectivity index (χ3n) is 2.98. The molecule has 24 heavy (non-hydrogen) atoms. The third kappa shape index (κ3) is 4.68. The standard InChI is InChI=1S/C11H18N5O7P/c1-21-3-7(4-22-24(18,19)20)23-8(2-17)16-6-15-9-10(12)13-5-14-11(9)16/h5-8,17H,2-4H2,1H3,(H2,12,13,14)(H2,18,19,20)/t7-,8+/m0/s1. The van der Waals surface area contributed by atoms with Crippen molar-refractivity contribution in [3.63, 3.8) is 0 Å². The number of nitrogens with two attached hydrogens (primary N) is 1. The van der Waals surface area contributed by atoms with E-state index >= 15 is 0 Å². The van der Waals surface area contributed by atoms with Crippen molar-refractivity contribution in [2.75, 3.05) is 32.7 Å². The van der Waals surface area contributed by atoms with Crippen molar-refractivity contribution in [1.82, 2.24) is 19.5 Å². The van der Waals surface area contributed by atoms with Gasteiger partial charge < -0.3 is 30.1 Å². The Labute approximate surface area is 136 Å². The number of imidazole rings is 1. The number of rotatable bonds is 9. The van der Waals surface area contributed by atoms with Gasteiger partial charge in [-0.25, -0.2) is 19.5 Å². The van der Waals surface area contributed by atoms with Crippen molar-refractivity contribution in [3.05, 3.63) is 12.7 Å². The Morgan fingerprint density at radius 2 is 2.08 bits per heavy atom. The number of hydrogen-bond donors (Lipinski definition) is 4. The minimum Gasteiger partial charge on any atom is -0.392 e. The first-order valence-corrected chi connectivity index (χ1v) is 8.27. The number of aromatic nitrogens is 4. The Morgan fingerprint density at radius 1 is 1.33 bits per heavy atom. The van der Waals surface area contributed by atoms with E-state index in [-0.39, 0.29) is 12.4 Å². The molecule has 0 bridgehead atoms. The van der Waals surface area contributed by atoms with Crippen LogP contribution < -0.4 is 5.73 Å². The Morgan fingerprint density at radius 3 is 2.71 bits per heavy atom. The molecule has 0 amide bonds. The molecule has 0 aliphatic carbocycles. The minimum atomic E-state index is -4.66. The van der Waals surface area contributed by atoms with Gasteiger partial charge in [-0.15, -0.1) is 0 Å². The van der Waals surface area contributed by atoms with E-state index in [9.17, 15) is 9.67 Å². The molecule has 134 valence electrons. The van der Waals surface area contributed by atoms with Crippen LogP contribution >= 0.6 is 7.82 Å². The average Bonchev–Trinajstić information content (AvgIpc) is 2.94. The van der Waals surface area contributed by atoms with E-state index in [1.807, 2.05) is 0 Å². The van der Waals surface area contributed by atoms with Crippen LogP contribution in [0.2, 0.25) is 0 Å². The number of anilines is 1. The quantitative estimate of drug-likeness (QED) is 0.404. The summed E-state index contributed by atoms with van der Waals surface area (Å²) >= 11 is 0. The van der Waals surface area contributed by atoms with Gasteiger partial charge in [0.05, 0.1) is 26.1 Å². The highest BCUT2D eigenvalue weighted by atomic mass is 31.2. The molecule has 13 heteroatoms. The van der Waals surface area contributed by atoms with Crippen LogP contribution in [0, 0.1) is 0 Å². The first kappa shape index (κ1) is 18.7. The number of phosphoric ester groups is 1. The van der Waals surface area contributed by atoms with Gasteiger partial charge in [0.25, 0.3) is 0 Å². The minimum absolute atomic E-state index is 0.0136. The molecule has 0 saturated heterocycles. The molecule has 0 aromatic carbocycles. The number of phosphoric acid groups is 1. The molecule has 0 fully saturated rings. The molecule has 2 aromatic heterocycles. The van der Waals surface area contributed by atoms with Gasteiger partial charge in [-0.2, -0.15) is 0 Å². The highest BCUT2D eigenvalue weighted by Gasteiger charge is 2.24. The molecule has 0 spiro atoms. The van der Waals surface area contributed by atoms with Crippen molar-refractivity contribution in [3.8, 4) is 0 Å². The number of methoxy groups -OCH3 is 1. The maximum absolute atomic E-state index is 10.8. The van der Waals surface area contributed by atoms with E-state index in [1.54, 1.807) is 0 Å². The van der Waals surface area contributed by atoms with Crippen LogP contribution in [-0.4, -0.2) is 67.4 Å². The van der Waals surface area contributed by atoms with E-state index in [2.05, 4.69) is 19.5 Å². The Bertz CT molecular complexity index is 720. The molecule has 12 nitrogen and oxygen atoms in total. The number of hydrogen-bond acceptors (Lipinski definition) is 9. The predicted octanol–water partition coefficient (Wildman–Crippen LogP) is -0.960. The van der Waals surface area contributed by atoms with Gasteiger partial charge in [0.15, 0.2) is 17.7 Å². The SMILES string of the molecule is COC[C@@H](COP(=O)(O)O)O[C@H](CO)n1cnc2c(N)ncnc21. The molecule has 0 saturated carbocycles. The first-order chi connectivity index (χ1) is 11.4. The van der Waals surface area contributed by atoms with E-state index in [0.29, 0.717) is 11.2 Å². The maximum Gasteiger partial charge on any atom is 0.469 e. The normalized spacial score (nSPS) is 14.8. The predicted molar refractivity (Wildman–Crippen MR) is 80.6 cm³/mol. The molecule has 2 rings (SSSR count). The third-order valence-corrected chi connectivity index (χ3v) is 3.47. The molecule has 2 aromatic rings. The van der Waals surface area contributed by atoms with E-state index < -0.39 is 33.4 Å². The Balaban J connectivity index is 2.19. The summed E-state index contributed by atoms with van der Waals surface area (Å²) in [6, 6.07) is 0. The zero-order valence-electron chi connectivity index (χ0n) is 12.7. The fourth-order valence-electron chi connectivity index (χ4n) is 1.99. The number of fused-ring (bicyclic) bond motifs is 1. The molecule has 2 heterocycles. The van der Waals surface area contributed by atoms with Crippen molar-refractivity contribution >= 4 is 24.8 Å². The smallest absolute Gasteiger partial charge is 0.392 e. The lowest BCUT2D eigenvalue weighted by Crippen LogP contribution is -2.30. The van der Waals surface area contributed by atoms with Gasteiger partial charge in [-0.3, -0.25) is 9.09 Å². The number of aliphatic hydroxyl groups is 1.